The molecule has 0 saturated carbocycles. The first kappa shape index (κ1) is 13.0. The van der Waals surface area contributed by atoms with Crippen LogP contribution in [0.5, 0.6) is 0 Å². The second-order valence-electron chi connectivity index (χ2n) is 4.10. The summed E-state index contributed by atoms with van der Waals surface area (Å²) in [6.07, 6.45) is 0.979. The highest BCUT2D eigenvalue weighted by Gasteiger charge is 2.16. The van der Waals surface area contributed by atoms with Crippen molar-refractivity contribution in [1.29, 1.82) is 0 Å². The highest BCUT2D eigenvalue weighted by Crippen LogP contribution is 2.26. The van der Waals surface area contributed by atoms with Crippen LogP contribution >= 0.6 is 11.6 Å². The predicted molar refractivity (Wildman–Crippen MR) is 69.0 cm³/mol. The minimum atomic E-state index is -0.812. The standard InChI is InChI=1S/C14H13ClFNO/c1-9-10(4-3-7-17-9)14(18)8-11-12(15)5-2-6-13(11)16/h2-7,14,18H,8H2,1H3. The molecule has 0 aliphatic heterocycles. The molecule has 18 heavy (non-hydrogen) atoms. The van der Waals surface area contributed by atoms with Gasteiger partial charge in [-0.3, -0.25) is 4.98 Å². The second kappa shape index (κ2) is 5.46. The molecule has 0 bridgehead atoms. The van der Waals surface area contributed by atoms with Crippen LogP contribution in [-0.2, 0) is 6.42 Å². The predicted octanol–water partition coefficient (Wildman–Crippen LogP) is 3.46. The van der Waals surface area contributed by atoms with E-state index in [0.717, 1.165) is 5.69 Å². The van der Waals surface area contributed by atoms with Crippen LogP contribution in [-0.4, -0.2) is 10.1 Å². The number of rotatable bonds is 3. The van der Waals surface area contributed by atoms with Crippen molar-refractivity contribution in [2.24, 2.45) is 0 Å². The third-order valence-corrected chi connectivity index (χ3v) is 3.22. The molecule has 4 heteroatoms. The van der Waals surface area contributed by atoms with Crippen LogP contribution in [0.1, 0.15) is 22.9 Å². The quantitative estimate of drug-likeness (QED) is 0.922. The lowest BCUT2D eigenvalue weighted by molar-refractivity contribution is 0.176. The van der Waals surface area contributed by atoms with Crippen molar-refractivity contribution in [2.75, 3.05) is 0 Å². The Balaban J connectivity index is 2.27. The Morgan fingerprint density at radius 1 is 1.33 bits per heavy atom. The third-order valence-electron chi connectivity index (χ3n) is 2.87. The van der Waals surface area contributed by atoms with Crippen LogP contribution in [0.25, 0.3) is 0 Å². The van der Waals surface area contributed by atoms with E-state index in [1.807, 2.05) is 6.92 Å². The van der Waals surface area contributed by atoms with E-state index in [1.165, 1.54) is 6.07 Å². The van der Waals surface area contributed by atoms with Crippen molar-refractivity contribution < 1.29 is 9.50 Å². The molecule has 2 rings (SSSR count). The highest BCUT2D eigenvalue weighted by molar-refractivity contribution is 6.31. The van der Waals surface area contributed by atoms with Crippen molar-refractivity contribution in [3.63, 3.8) is 0 Å². The van der Waals surface area contributed by atoms with E-state index in [4.69, 9.17) is 11.6 Å². The number of hydrogen-bond acceptors (Lipinski definition) is 2. The van der Waals surface area contributed by atoms with Crippen molar-refractivity contribution in [2.45, 2.75) is 19.4 Å². The summed E-state index contributed by atoms with van der Waals surface area (Å²) in [6, 6.07) is 8.02. The Labute approximate surface area is 110 Å². The van der Waals surface area contributed by atoms with Gasteiger partial charge in [-0.1, -0.05) is 23.7 Å². The molecule has 0 aliphatic rings. The van der Waals surface area contributed by atoms with Gasteiger partial charge in [0.2, 0.25) is 0 Å². The summed E-state index contributed by atoms with van der Waals surface area (Å²) in [5.74, 6) is -0.400. The Bertz CT molecular complexity index is 539. The molecule has 0 fully saturated rings. The number of nitrogens with zero attached hydrogens (tertiary/aromatic N) is 1. The number of pyridine rings is 1. The van der Waals surface area contributed by atoms with Crippen LogP contribution in [0.4, 0.5) is 4.39 Å². The van der Waals surface area contributed by atoms with Crippen LogP contribution in [0.3, 0.4) is 0 Å². The van der Waals surface area contributed by atoms with E-state index in [2.05, 4.69) is 4.98 Å². The zero-order chi connectivity index (χ0) is 13.1. The molecule has 1 atom stereocenters. The SMILES string of the molecule is Cc1ncccc1C(O)Cc1c(F)cccc1Cl. The maximum atomic E-state index is 13.6. The number of hydrogen-bond donors (Lipinski definition) is 1. The molecule has 1 aromatic carbocycles. The Morgan fingerprint density at radius 3 is 2.78 bits per heavy atom. The number of aryl methyl sites for hydroxylation is 1. The fourth-order valence-electron chi connectivity index (χ4n) is 1.88. The fraction of sp³-hybridized carbons (Fsp3) is 0.214. The summed E-state index contributed by atoms with van der Waals surface area (Å²) < 4.78 is 13.6. The number of aliphatic hydroxyl groups excluding tert-OH is 1. The van der Waals surface area contributed by atoms with E-state index in [-0.39, 0.29) is 6.42 Å². The molecule has 0 radical (unpaired) electrons. The molecule has 0 spiro atoms. The lowest BCUT2D eigenvalue weighted by atomic mass is 10.00. The highest BCUT2D eigenvalue weighted by atomic mass is 35.5. The van der Waals surface area contributed by atoms with E-state index in [1.54, 1.807) is 30.5 Å². The monoisotopic (exact) mass is 265 g/mol. The molecule has 0 saturated heterocycles. The Kier molecular flexibility index (Phi) is 3.94. The average molecular weight is 266 g/mol. The van der Waals surface area contributed by atoms with Gasteiger partial charge in [-0.25, -0.2) is 4.39 Å². The van der Waals surface area contributed by atoms with Gasteiger partial charge in [0.1, 0.15) is 5.82 Å². The zero-order valence-corrected chi connectivity index (χ0v) is 10.7. The summed E-state index contributed by atoms with van der Waals surface area (Å²) in [7, 11) is 0. The lowest BCUT2D eigenvalue weighted by Gasteiger charge is -2.14. The van der Waals surface area contributed by atoms with Gasteiger partial charge in [0.15, 0.2) is 0 Å². The van der Waals surface area contributed by atoms with Crippen molar-refractivity contribution in [3.8, 4) is 0 Å². The van der Waals surface area contributed by atoms with Gasteiger partial charge in [-0.15, -0.1) is 0 Å². The van der Waals surface area contributed by atoms with E-state index < -0.39 is 11.9 Å². The molecular formula is C14H13ClFNO. The van der Waals surface area contributed by atoms with Gasteiger partial charge in [0, 0.05) is 34.5 Å². The smallest absolute Gasteiger partial charge is 0.127 e. The molecule has 2 aromatic rings. The molecule has 1 N–H and O–H groups in total. The minimum absolute atomic E-state index is 0.137. The maximum absolute atomic E-state index is 13.6. The summed E-state index contributed by atoms with van der Waals surface area (Å²) in [5.41, 5.74) is 1.75. The molecule has 1 heterocycles. The molecule has 1 aromatic heterocycles. The summed E-state index contributed by atoms with van der Waals surface area (Å²) >= 11 is 5.93. The summed E-state index contributed by atoms with van der Waals surface area (Å²) in [4.78, 5) is 4.10. The molecule has 2 nitrogen and oxygen atoms in total. The van der Waals surface area contributed by atoms with E-state index in [9.17, 15) is 9.50 Å². The van der Waals surface area contributed by atoms with Gasteiger partial charge in [-0.05, 0) is 25.1 Å². The summed E-state index contributed by atoms with van der Waals surface area (Å²) in [5, 5.41) is 10.5. The van der Waals surface area contributed by atoms with E-state index in [0.29, 0.717) is 16.1 Å². The van der Waals surface area contributed by atoms with Gasteiger partial charge >= 0.3 is 0 Å². The molecule has 0 aliphatic carbocycles. The van der Waals surface area contributed by atoms with Crippen LogP contribution in [0.15, 0.2) is 36.5 Å². The third kappa shape index (κ3) is 2.68. The largest absolute Gasteiger partial charge is 0.388 e. The average Bonchev–Trinajstić information content (AvgIpc) is 2.34. The second-order valence-corrected chi connectivity index (χ2v) is 4.51. The van der Waals surface area contributed by atoms with Gasteiger partial charge < -0.3 is 5.11 Å². The Morgan fingerprint density at radius 2 is 2.11 bits per heavy atom. The number of aromatic nitrogens is 1. The topological polar surface area (TPSA) is 33.1 Å². The fourth-order valence-corrected chi connectivity index (χ4v) is 2.12. The first-order valence-corrected chi connectivity index (χ1v) is 6.00. The maximum Gasteiger partial charge on any atom is 0.127 e. The van der Waals surface area contributed by atoms with Crippen molar-refractivity contribution in [1.82, 2.24) is 4.98 Å². The first-order chi connectivity index (χ1) is 8.59. The molecule has 1 unspecified atom stereocenters. The lowest BCUT2D eigenvalue weighted by Crippen LogP contribution is -2.06. The van der Waals surface area contributed by atoms with Gasteiger partial charge in [0.25, 0.3) is 0 Å². The van der Waals surface area contributed by atoms with E-state index >= 15 is 0 Å². The van der Waals surface area contributed by atoms with Crippen LogP contribution in [0, 0.1) is 12.7 Å². The first-order valence-electron chi connectivity index (χ1n) is 5.62. The normalized spacial score (nSPS) is 12.4. The minimum Gasteiger partial charge on any atom is -0.388 e. The summed E-state index contributed by atoms with van der Waals surface area (Å²) in [6.45, 7) is 1.81. The zero-order valence-electron chi connectivity index (χ0n) is 9.90. The van der Waals surface area contributed by atoms with Crippen molar-refractivity contribution in [3.05, 3.63) is 64.2 Å². The molecule has 0 amide bonds. The Hall–Kier alpha value is -1.45. The van der Waals surface area contributed by atoms with Gasteiger partial charge in [-0.2, -0.15) is 0 Å². The van der Waals surface area contributed by atoms with Crippen LogP contribution < -0.4 is 0 Å². The van der Waals surface area contributed by atoms with Crippen molar-refractivity contribution >= 4 is 11.6 Å². The number of benzene rings is 1. The molecular weight excluding hydrogens is 253 g/mol. The number of aliphatic hydroxyl groups is 1. The van der Waals surface area contributed by atoms with Gasteiger partial charge in [0.05, 0.1) is 6.10 Å². The van der Waals surface area contributed by atoms with Crippen LogP contribution in [0.2, 0.25) is 5.02 Å². The number of halogens is 2. The molecule has 94 valence electrons.